The number of furan rings is 1. The number of benzene rings is 6. The quantitative estimate of drug-likeness (QED) is 0.164. The number of rotatable bonds is 4. The van der Waals surface area contributed by atoms with Crippen molar-refractivity contribution >= 4 is 60.8 Å². The van der Waals surface area contributed by atoms with Crippen molar-refractivity contribution in [3.63, 3.8) is 0 Å². The van der Waals surface area contributed by atoms with E-state index in [4.69, 9.17) is 4.42 Å². The van der Waals surface area contributed by atoms with Crippen molar-refractivity contribution in [1.29, 1.82) is 0 Å². The van der Waals surface area contributed by atoms with Crippen molar-refractivity contribution in [2.24, 2.45) is 0 Å². The van der Waals surface area contributed by atoms with Crippen molar-refractivity contribution in [2.75, 3.05) is 4.90 Å². The molecule has 0 bridgehead atoms. The molecule has 0 saturated heterocycles. The number of anilines is 3. The molecule has 0 saturated carbocycles. The fraction of sp³-hybridized carbons (Fsp3) is 0. The van der Waals surface area contributed by atoms with Gasteiger partial charge in [0.2, 0.25) is 0 Å². The molecule has 0 atom stereocenters. The molecule has 0 aliphatic rings. The average Bonchev–Trinajstić information content (AvgIpc) is 3.54. The minimum Gasteiger partial charge on any atom is -0.456 e. The van der Waals surface area contributed by atoms with E-state index in [-0.39, 0.29) is 62.2 Å². The Morgan fingerprint density at radius 3 is 2.12 bits per heavy atom. The minimum absolute atomic E-state index is 0. The standard InChI is InChI=1S/C36H20N2O.2U/c1-3-12-25(13-4-1)37(33-19-11-21-35-36(33)29-17-8-10-20-34(29)39-35)27-22-23-32-30(24-27)28-16-7-9-18-31(28)38(32)26-14-5-2-6-15-26;;/h1-13,16-17,19-22,24H;;/q-4;2*+2. The van der Waals surface area contributed by atoms with Gasteiger partial charge in [-0.3, -0.25) is 18.2 Å². The summed E-state index contributed by atoms with van der Waals surface area (Å²) in [5.74, 6) is 0. The maximum absolute atomic E-state index is 6.25. The molecule has 6 aromatic carbocycles. The Morgan fingerprint density at radius 1 is 0.561 bits per heavy atom. The SMILES string of the molecule is [U+2].[U+2].[c-]1ccc[c-]c1-n1c2[c-]cccc2c2cc(N(c3ccccc3)c3cccc4oc5ccccc5c34)c[c-]c21. The van der Waals surface area contributed by atoms with Gasteiger partial charge in [-0.1, -0.05) is 59.2 Å². The van der Waals surface area contributed by atoms with Crippen LogP contribution in [0.5, 0.6) is 0 Å². The third kappa shape index (κ3) is 4.67. The normalized spacial score (nSPS) is 11.0. The predicted molar refractivity (Wildman–Crippen MR) is 158 cm³/mol. The molecule has 0 radical (unpaired) electrons. The summed E-state index contributed by atoms with van der Waals surface area (Å²) in [5, 5.41) is 4.38. The van der Waals surface area contributed by atoms with Crippen LogP contribution in [0, 0.1) is 86.5 Å². The van der Waals surface area contributed by atoms with Crippen LogP contribution in [-0.2, 0) is 0 Å². The van der Waals surface area contributed by atoms with Gasteiger partial charge in [0.05, 0.1) is 5.39 Å². The molecule has 0 fully saturated rings. The molecule has 188 valence electrons. The second kappa shape index (κ2) is 11.6. The number of nitrogens with zero attached hydrogens (tertiary/aromatic N) is 2. The van der Waals surface area contributed by atoms with Crippen molar-refractivity contribution < 1.29 is 66.6 Å². The van der Waals surface area contributed by atoms with Crippen LogP contribution in [0.2, 0.25) is 0 Å². The number of hydrogen-bond acceptors (Lipinski definition) is 2. The summed E-state index contributed by atoms with van der Waals surface area (Å²) in [7, 11) is 0. The molecule has 8 rings (SSSR count). The maximum Gasteiger partial charge on any atom is 2.00 e. The van der Waals surface area contributed by atoms with Crippen LogP contribution >= 0.6 is 0 Å². The second-order valence-corrected chi connectivity index (χ2v) is 9.47. The van der Waals surface area contributed by atoms with Crippen LogP contribution in [-0.4, -0.2) is 4.57 Å². The van der Waals surface area contributed by atoms with Crippen molar-refractivity contribution in [1.82, 2.24) is 4.57 Å². The van der Waals surface area contributed by atoms with E-state index in [9.17, 15) is 0 Å². The van der Waals surface area contributed by atoms with E-state index in [2.05, 4.69) is 100 Å². The van der Waals surface area contributed by atoms with E-state index in [1.807, 2.05) is 54.6 Å². The molecule has 0 N–H and O–H groups in total. The van der Waals surface area contributed by atoms with Gasteiger partial charge in [0.1, 0.15) is 11.2 Å². The zero-order valence-electron chi connectivity index (χ0n) is 21.8. The number of hydrogen-bond donors (Lipinski definition) is 0. The van der Waals surface area contributed by atoms with Crippen LogP contribution in [0.4, 0.5) is 17.1 Å². The van der Waals surface area contributed by atoms with Crippen LogP contribution in [0.25, 0.3) is 49.4 Å². The Balaban J connectivity index is 0.00000151. The third-order valence-corrected chi connectivity index (χ3v) is 7.23. The van der Waals surface area contributed by atoms with Gasteiger partial charge in [0.15, 0.2) is 0 Å². The summed E-state index contributed by atoms with van der Waals surface area (Å²) < 4.78 is 8.38. The Labute approximate surface area is 285 Å². The number of aromatic nitrogens is 1. The monoisotopic (exact) mass is 972 g/mol. The molecule has 0 unspecified atom stereocenters. The van der Waals surface area contributed by atoms with Crippen LogP contribution in [0.15, 0.2) is 126 Å². The molecule has 2 heterocycles. The smallest absolute Gasteiger partial charge is 0.456 e. The van der Waals surface area contributed by atoms with E-state index in [1.54, 1.807) is 0 Å². The van der Waals surface area contributed by atoms with Gasteiger partial charge in [-0.25, -0.2) is 5.69 Å². The van der Waals surface area contributed by atoms with Gasteiger partial charge < -0.3 is 26.0 Å². The van der Waals surface area contributed by atoms with E-state index in [0.717, 1.165) is 66.5 Å². The second-order valence-electron chi connectivity index (χ2n) is 9.47. The summed E-state index contributed by atoms with van der Waals surface area (Å²) in [5.41, 5.74) is 7.65. The molecule has 41 heavy (non-hydrogen) atoms. The van der Waals surface area contributed by atoms with E-state index < -0.39 is 0 Å². The first kappa shape index (κ1) is 28.0. The first-order valence-corrected chi connectivity index (χ1v) is 12.9. The largest absolute Gasteiger partial charge is 2.00 e. The first-order valence-electron chi connectivity index (χ1n) is 12.9. The Bertz CT molecular complexity index is 2130. The molecule has 8 aromatic rings. The molecular weight excluding hydrogens is 952 g/mol. The van der Waals surface area contributed by atoms with Gasteiger partial charge in [-0.15, -0.1) is 0 Å². The minimum atomic E-state index is 0. The molecule has 3 nitrogen and oxygen atoms in total. The van der Waals surface area contributed by atoms with Gasteiger partial charge in [0, 0.05) is 16.8 Å². The number of fused-ring (bicyclic) bond motifs is 6. The van der Waals surface area contributed by atoms with Gasteiger partial charge >= 0.3 is 62.2 Å². The summed E-state index contributed by atoms with van der Waals surface area (Å²) in [4.78, 5) is 2.29. The molecule has 0 aliphatic heterocycles. The van der Waals surface area contributed by atoms with E-state index in [1.165, 1.54) is 0 Å². The first-order chi connectivity index (χ1) is 19.4. The average molecular weight is 973 g/mol. The maximum atomic E-state index is 6.25. The van der Waals surface area contributed by atoms with Crippen molar-refractivity contribution in [3.8, 4) is 5.69 Å². The predicted octanol–water partition coefficient (Wildman–Crippen LogP) is 9.35. The molecule has 0 spiro atoms. The van der Waals surface area contributed by atoms with E-state index >= 15 is 0 Å². The Morgan fingerprint density at radius 2 is 1.27 bits per heavy atom. The van der Waals surface area contributed by atoms with Gasteiger partial charge in [-0.05, 0) is 30.3 Å². The fourth-order valence-corrected chi connectivity index (χ4v) is 5.58. The molecular formula is C36H20N2OU2. The summed E-state index contributed by atoms with van der Waals surface area (Å²) in [6, 6.07) is 54.8. The summed E-state index contributed by atoms with van der Waals surface area (Å²) in [6.07, 6.45) is 0. The zero-order chi connectivity index (χ0) is 25.8. The summed E-state index contributed by atoms with van der Waals surface area (Å²) >= 11 is 0. The van der Waals surface area contributed by atoms with Crippen molar-refractivity contribution in [3.05, 3.63) is 146 Å². The van der Waals surface area contributed by atoms with Gasteiger partial charge in [0.25, 0.3) is 0 Å². The van der Waals surface area contributed by atoms with Crippen LogP contribution < -0.4 is 4.90 Å². The third-order valence-electron chi connectivity index (χ3n) is 7.23. The zero-order valence-corrected chi connectivity index (χ0v) is 30.2. The van der Waals surface area contributed by atoms with Crippen molar-refractivity contribution in [2.45, 2.75) is 0 Å². The molecule has 0 aliphatic carbocycles. The molecule has 0 amide bonds. The topological polar surface area (TPSA) is 21.3 Å². The summed E-state index contributed by atoms with van der Waals surface area (Å²) in [6.45, 7) is 0. The van der Waals surface area contributed by atoms with Gasteiger partial charge in [-0.2, -0.15) is 53.2 Å². The Kier molecular flexibility index (Phi) is 7.91. The Hall–Kier alpha value is -3.18. The fourth-order valence-electron chi connectivity index (χ4n) is 5.58. The van der Waals surface area contributed by atoms with Crippen LogP contribution in [0.1, 0.15) is 0 Å². The molecule has 2 aromatic heterocycles. The van der Waals surface area contributed by atoms with E-state index in [0.29, 0.717) is 0 Å². The van der Waals surface area contributed by atoms with Crippen LogP contribution in [0.3, 0.4) is 0 Å². The molecule has 5 heteroatoms. The number of para-hydroxylation sites is 4.